The van der Waals surface area contributed by atoms with E-state index in [1.165, 1.54) is 13.0 Å². The molecule has 0 bridgehead atoms. The van der Waals surface area contributed by atoms with Crippen molar-refractivity contribution in [1.29, 1.82) is 0 Å². The van der Waals surface area contributed by atoms with Crippen molar-refractivity contribution in [3.05, 3.63) is 17.4 Å². The molecule has 0 spiro atoms. The number of anilines is 1. The SMILES string of the molecule is CCN1CCC[C@@H](Nc2nc3nc(Cl)ccn3n2)C1. The summed E-state index contributed by atoms with van der Waals surface area (Å²) in [4.78, 5) is 10.9. The molecule has 0 amide bonds. The van der Waals surface area contributed by atoms with Crippen LogP contribution in [-0.4, -0.2) is 50.2 Å². The Morgan fingerprint density at radius 1 is 1.47 bits per heavy atom. The van der Waals surface area contributed by atoms with Gasteiger partial charge in [0.2, 0.25) is 5.95 Å². The lowest BCUT2D eigenvalue weighted by Crippen LogP contribution is -2.42. The van der Waals surface area contributed by atoms with Gasteiger partial charge in [-0.15, -0.1) is 5.10 Å². The highest BCUT2D eigenvalue weighted by Crippen LogP contribution is 2.14. The minimum atomic E-state index is 0.404. The van der Waals surface area contributed by atoms with Crippen LogP contribution in [-0.2, 0) is 0 Å². The molecular formula is C12H17ClN6. The fourth-order valence-electron chi connectivity index (χ4n) is 2.46. The van der Waals surface area contributed by atoms with Gasteiger partial charge in [0.1, 0.15) is 5.15 Å². The maximum absolute atomic E-state index is 5.84. The number of fused-ring (bicyclic) bond motifs is 1. The molecule has 19 heavy (non-hydrogen) atoms. The molecule has 0 radical (unpaired) electrons. The monoisotopic (exact) mass is 280 g/mol. The number of likely N-dealkylation sites (tertiary alicyclic amines) is 1. The average molecular weight is 281 g/mol. The fraction of sp³-hybridized carbons (Fsp3) is 0.583. The van der Waals surface area contributed by atoms with E-state index in [1.807, 2.05) is 0 Å². The third kappa shape index (κ3) is 2.79. The Bertz CT molecular complexity index is 568. The summed E-state index contributed by atoms with van der Waals surface area (Å²) in [5, 5.41) is 8.17. The zero-order valence-corrected chi connectivity index (χ0v) is 11.6. The molecular weight excluding hydrogens is 264 g/mol. The van der Waals surface area contributed by atoms with Gasteiger partial charge in [-0.1, -0.05) is 18.5 Å². The molecule has 102 valence electrons. The normalized spacial score (nSPS) is 20.8. The number of nitrogens with one attached hydrogen (secondary N) is 1. The van der Waals surface area contributed by atoms with Gasteiger partial charge < -0.3 is 10.2 Å². The molecule has 7 heteroatoms. The van der Waals surface area contributed by atoms with Gasteiger partial charge in [-0.2, -0.15) is 9.97 Å². The largest absolute Gasteiger partial charge is 0.349 e. The first kappa shape index (κ1) is 12.6. The second-order valence-corrected chi connectivity index (χ2v) is 5.19. The van der Waals surface area contributed by atoms with E-state index in [1.54, 1.807) is 16.8 Å². The van der Waals surface area contributed by atoms with Crippen LogP contribution in [0.25, 0.3) is 5.78 Å². The van der Waals surface area contributed by atoms with E-state index in [0.29, 0.717) is 22.9 Å². The average Bonchev–Trinajstić information content (AvgIpc) is 2.80. The van der Waals surface area contributed by atoms with Gasteiger partial charge in [0.25, 0.3) is 5.78 Å². The third-order valence-corrected chi connectivity index (χ3v) is 3.67. The van der Waals surface area contributed by atoms with Crippen LogP contribution >= 0.6 is 11.6 Å². The molecule has 2 aromatic heterocycles. The van der Waals surface area contributed by atoms with Crippen molar-refractivity contribution in [3.63, 3.8) is 0 Å². The lowest BCUT2D eigenvalue weighted by Gasteiger charge is -2.31. The Balaban J connectivity index is 1.74. The van der Waals surface area contributed by atoms with Gasteiger partial charge in [0.05, 0.1) is 0 Å². The summed E-state index contributed by atoms with van der Waals surface area (Å²) in [6, 6.07) is 2.11. The molecule has 3 heterocycles. The van der Waals surface area contributed by atoms with Crippen molar-refractivity contribution >= 4 is 23.3 Å². The number of rotatable bonds is 3. The highest BCUT2D eigenvalue weighted by Gasteiger charge is 2.19. The molecule has 1 fully saturated rings. The molecule has 1 aliphatic heterocycles. The summed E-state index contributed by atoms with van der Waals surface area (Å²) in [5.74, 6) is 1.15. The Hall–Kier alpha value is -1.40. The van der Waals surface area contributed by atoms with Gasteiger partial charge in [-0.3, -0.25) is 0 Å². The number of halogens is 1. The Morgan fingerprint density at radius 3 is 3.21 bits per heavy atom. The van der Waals surface area contributed by atoms with Crippen molar-refractivity contribution < 1.29 is 0 Å². The fourth-order valence-corrected chi connectivity index (χ4v) is 2.59. The summed E-state index contributed by atoms with van der Waals surface area (Å²) in [7, 11) is 0. The minimum Gasteiger partial charge on any atom is -0.349 e. The predicted molar refractivity (Wildman–Crippen MR) is 74.6 cm³/mol. The smallest absolute Gasteiger partial charge is 0.255 e. The van der Waals surface area contributed by atoms with Gasteiger partial charge in [0, 0.05) is 18.8 Å². The van der Waals surface area contributed by atoms with Crippen LogP contribution in [0, 0.1) is 0 Å². The standard InChI is InChI=1S/C12H17ClN6/c1-2-18-6-3-4-9(8-18)14-11-16-12-15-10(13)5-7-19(12)17-11/h5,7,9H,2-4,6,8H2,1H3,(H,14,17)/t9-/m1/s1. The van der Waals surface area contributed by atoms with Crippen molar-refractivity contribution in [3.8, 4) is 0 Å². The highest BCUT2D eigenvalue weighted by molar-refractivity contribution is 6.29. The van der Waals surface area contributed by atoms with Crippen molar-refractivity contribution in [2.45, 2.75) is 25.8 Å². The van der Waals surface area contributed by atoms with E-state index in [-0.39, 0.29) is 0 Å². The molecule has 0 unspecified atom stereocenters. The summed E-state index contributed by atoms with van der Waals surface area (Å²) >= 11 is 5.84. The maximum Gasteiger partial charge on any atom is 0.255 e. The van der Waals surface area contributed by atoms with Crippen LogP contribution < -0.4 is 5.32 Å². The van der Waals surface area contributed by atoms with E-state index < -0.39 is 0 Å². The topological polar surface area (TPSA) is 58.3 Å². The van der Waals surface area contributed by atoms with E-state index in [0.717, 1.165) is 19.5 Å². The summed E-state index contributed by atoms with van der Waals surface area (Å²) in [5.41, 5.74) is 0. The van der Waals surface area contributed by atoms with Crippen molar-refractivity contribution in [2.24, 2.45) is 0 Å². The molecule has 0 aliphatic carbocycles. The zero-order chi connectivity index (χ0) is 13.2. The maximum atomic E-state index is 5.84. The zero-order valence-electron chi connectivity index (χ0n) is 10.9. The van der Waals surface area contributed by atoms with Gasteiger partial charge in [0.15, 0.2) is 0 Å². The lowest BCUT2D eigenvalue weighted by molar-refractivity contribution is 0.226. The minimum absolute atomic E-state index is 0.404. The number of hydrogen-bond donors (Lipinski definition) is 1. The molecule has 1 atom stereocenters. The van der Waals surface area contributed by atoms with E-state index in [4.69, 9.17) is 11.6 Å². The lowest BCUT2D eigenvalue weighted by atomic mass is 10.1. The van der Waals surface area contributed by atoms with Crippen LogP contribution in [0.5, 0.6) is 0 Å². The third-order valence-electron chi connectivity index (χ3n) is 3.46. The van der Waals surface area contributed by atoms with Crippen LogP contribution in [0.15, 0.2) is 12.3 Å². The quantitative estimate of drug-likeness (QED) is 0.867. The van der Waals surface area contributed by atoms with Crippen LogP contribution in [0.3, 0.4) is 0 Å². The summed E-state index contributed by atoms with van der Waals surface area (Å²) < 4.78 is 1.63. The molecule has 6 nitrogen and oxygen atoms in total. The summed E-state index contributed by atoms with van der Waals surface area (Å²) in [6.45, 7) is 5.51. The number of nitrogens with zero attached hydrogens (tertiary/aromatic N) is 5. The number of piperidine rings is 1. The van der Waals surface area contributed by atoms with Gasteiger partial charge >= 0.3 is 0 Å². The van der Waals surface area contributed by atoms with E-state index in [9.17, 15) is 0 Å². The van der Waals surface area contributed by atoms with Crippen molar-refractivity contribution in [2.75, 3.05) is 25.0 Å². The predicted octanol–water partition coefficient (Wildman–Crippen LogP) is 1.67. The molecule has 0 saturated carbocycles. The highest BCUT2D eigenvalue weighted by atomic mass is 35.5. The van der Waals surface area contributed by atoms with E-state index >= 15 is 0 Å². The Kier molecular flexibility index (Phi) is 3.52. The number of aromatic nitrogens is 4. The van der Waals surface area contributed by atoms with Crippen LogP contribution in [0.1, 0.15) is 19.8 Å². The molecule has 1 aliphatic rings. The molecule has 2 aromatic rings. The summed E-state index contributed by atoms with van der Waals surface area (Å²) in [6.07, 6.45) is 4.13. The van der Waals surface area contributed by atoms with Gasteiger partial charge in [-0.05, 0) is 32.0 Å². The number of likely N-dealkylation sites (N-methyl/N-ethyl adjacent to an activating group) is 1. The Morgan fingerprint density at radius 2 is 2.37 bits per heavy atom. The van der Waals surface area contributed by atoms with Crippen LogP contribution in [0.2, 0.25) is 5.15 Å². The molecule has 0 aromatic carbocycles. The second kappa shape index (κ2) is 5.30. The van der Waals surface area contributed by atoms with Gasteiger partial charge in [-0.25, -0.2) is 4.52 Å². The molecule has 1 saturated heterocycles. The van der Waals surface area contributed by atoms with E-state index in [2.05, 4.69) is 32.2 Å². The molecule has 3 rings (SSSR count). The first-order chi connectivity index (χ1) is 9.24. The Labute approximate surface area is 116 Å². The van der Waals surface area contributed by atoms with Crippen LogP contribution in [0.4, 0.5) is 5.95 Å². The first-order valence-electron chi connectivity index (χ1n) is 6.62. The number of hydrogen-bond acceptors (Lipinski definition) is 5. The first-order valence-corrected chi connectivity index (χ1v) is 7.00. The van der Waals surface area contributed by atoms with Crippen molar-refractivity contribution in [1.82, 2.24) is 24.5 Å². The molecule has 1 N–H and O–H groups in total. The second-order valence-electron chi connectivity index (χ2n) is 4.81.